The normalized spacial score (nSPS) is 9.00. The van der Waals surface area contributed by atoms with Gasteiger partial charge in [0.2, 0.25) is 0 Å². The molecule has 0 spiro atoms. The second-order valence-corrected chi connectivity index (χ2v) is 2.80. The summed E-state index contributed by atoms with van der Waals surface area (Å²) in [4.78, 5) is 13.0. The summed E-state index contributed by atoms with van der Waals surface area (Å²) in [5, 5.41) is 2.81. The molecule has 1 N–H and O–H groups in total. The van der Waals surface area contributed by atoms with Gasteiger partial charge in [-0.25, -0.2) is 4.79 Å². The Labute approximate surface area is 80.5 Å². The molecular formula is C10H18N2O. The van der Waals surface area contributed by atoms with E-state index in [1.165, 1.54) is 0 Å². The van der Waals surface area contributed by atoms with Crippen LogP contribution in [0.3, 0.4) is 0 Å². The van der Waals surface area contributed by atoms with Crippen LogP contribution in [0.2, 0.25) is 0 Å². The second kappa shape index (κ2) is 7.48. The Hall–Kier alpha value is -1.17. The van der Waals surface area contributed by atoms with E-state index in [1.807, 2.05) is 6.92 Å². The van der Waals surface area contributed by atoms with Crippen molar-refractivity contribution in [3.05, 3.63) is 0 Å². The van der Waals surface area contributed by atoms with Crippen LogP contribution >= 0.6 is 0 Å². The zero-order valence-corrected chi connectivity index (χ0v) is 8.47. The topological polar surface area (TPSA) is 32.3 Å². The number of rotatable bonds is 5. The molecule has 2 amide bonds. The van der Waals surface area contributed by atoms with Crippen molar-refractivity contribution >= 4 is 6.03 Å². The van der Waals surface area contributed by atoms with Crippen LogP contribution in [-0.4, -0.2) is 30.6 Å². The maximum absolute atomic E-state index is 11.4. The highest BCUT2D eigenvalue weighted by molar-refractivity contribution is 5.74. The molecule has 0 heterocycles. The largest absolute Gasteiger partial charge is 0.338 e. The van der Waals surface area contributed by atoms with Crippen LogP contribution in [0.15, 0.2) is 0 Å². The number of unbranched alkanes of at least 4 members (excludes halogenated alkanes) is 1. The van der Waals surface area contributed by atoms with Crippen LogP contribution in [0, 0.1) is 12.3 Å². The van der Waals surface area contributed by atoms with Crippen LogP contribution in [-0.2, 0) is 0 Å². The zero-order chi connectivity index (χ0) is 10.1. The molecule has 0 bridgehead atoms. The van der Waals surface area contributed by atoms with E-state index in [9.17, 15) is 4.79 Å². The average molecular weight is 182 g/mol. The van der Waals surface area contributed by atoms with E-state index in [1.54, 1.807) is 4.90 Å². The highest BCUT2D eigenvalue weighted by Crippen LogP contribution is 1.89. The SMILES string of the molecule is C#CCN(CC)C(=O)NCCCC. The summed E-state index contributed by atoms with van der Waals surface area (Å²) >= 11 is 0. The van der Waals surface area contributed by atoms with Gasteiger partial charge in [-0.3, -0.25) is 0 Å². The minimum absolute atomic E-state index is 0.0612. The minimum Gasteiger partial charge on any atom is -0.338 e. The van der Waals surface area contributed by atoms with Gasteiger partial charge >= 0.3 is 6.03 Å². The molecule has 0 atom stereocenters. The Balaban J connectivity index is 3.72. The van der Waals surface area contributed by atoms with Crippen molar-refractivity contribution in [2.24, 2.45) is 0 Å². The van der Waals surface area contributed by atoms with Crippen molar-refractivity contribution in [1.29, 1.82) is 0 Å². The van der Waals surface area contributed by atoms with Crippen molar-refractivity contribution in [3.8, 4) is 12.3 Å². The maximum atomic E-state index is 11.4. The van der Waals surface area contributed by atoms with Gasteiger partial charge in [0.05, 0.1) is 6.54 Å². The lowest BCUT2D eigenvalue weighted by Gasteiger charge is -2.18. The van der Waals surface area contributed by atoms with Crippen molar-refractivity contribution in [3.63, 3.8) is 0 Å². The smallest absolute Gasteiger partial charge is 0.318 e. The van der Waals surface area contributed by atoms with Gasteiger partial charge in [-0.05, 0) is 13.3 Å². The zero-order valence-electron chi connectivity index (χ0n) is 8.47. The summed E-state index contributed by atoms with van der Waals surface area (Å²) in [5.41, 5.74) is 0. The third-order valence-corrected chi connectivity index (χ3v) is 1.76. The van der Waals surface area contributed by atoms with Crippen LogP contribution in [0.1, 0.15) is 26.7 Å². The molecule has 0 aromatic rings. The van der Waals surface area contributed by atoms with Gasteiger partial charge in [0.1, 0.15) is 0 Å². The Morgan fingerprint density at radius 1 is 1.54 bits per heavy atom. The van der Waals surface area contributed by atoms with E-state index in [0.717, 1.165) is 19.4 Å². The van der Waals surface area contributed by atoms with E-state index in [2.05, 4.69) is 18.2 Å². The first-order chi connectivity index (χ1) is 6.26. The number of carbonyl (C=O) groups is 1. The number of carbonyl (C=O) groups excluding carboxylic acids is 1. The van der Waals surface area contributed by atoms with E-state index in [0.29, 0.717) is 13.1 Å². The number of nitrogens with one attached hydrogen (secondary N) is 1. The number of terminal acetylenes is 1. The highest BCUT2D eigenvalue weighted by Gasteiger charge is 2.07. The maximum Gasteiger partial charge on any atom is 0.318 e. The molecule has 0 aliphatic rings. The monoisotopic (exact) mass is 182 g/mol. The van der Waals surface area contributed by atoms with Crippen molar-refractivity contribution in [1.82, 2.24) is 10.2 Å². The molecule has 0 unspecified atom stereocenters. The van der Waals surface area contributed by atoms with Crippen LogP contribution in [0.5, 0.6) is 0 Å². The first-order valence-electron chi connectivity index (χ1n) is 4.72. The molecule has 3 nitrogen and oxygen atoms in total. The molecule has 0 aromatic carbocycles. The van der Waals surface area contributed by atoms with Crippen molar-refractivity contribution in [2.75, 3.05) is 19.6 Å². The first-order valence-corrected chi connectivity index (χ1v) is 4.72. The molecule has 0 radical (unpaired) electrons. The Bertz CT molecular complexity index is 184. The van der Waals surface area contributed by atoms with Crippen molar-refractivity contribution < 1.29 is 4.79 Å². The van der Waals surface area contributed by atoms with Crippen LogP contribution in [0.25, 0.3) is 0 Å². The lowest BCUT2D eigenvalue weighted by molar-refractivity contribution is 0.206. The van der Waals surface area contributed by atoms with Crippen molar-refractivity contribution in [2.45, 2.75) is 26.7 Å². The molecule has 74 valence electrons. The molecular weight excluding hydrogens is 164 g/mol. The van der Waals surface area contributed by atoms with E-state index in [4.69, 9.17) is 6.42 Å². The molecule has 0 saturated heterocycles. The van der Waals surface area contributed by atoms with E-state index in [-0.39, 0.29) is 6.03 Å². The summed E-state index contributed by atoms with van der Waals surface area (Å²) in [5.74, 6) is 2.46. The average Bonchev–Trinajstić information content (AvgIpc) is 2.14. The number of amides is 2. The number of urea groups is 1. The summed E-state index contributed by atoms with van der Waals surface area (Å²) in [6.45, 7) is 5.77. The lowest BCUT2D eigenvalue weighted by Crippen LogP contribution is -2.40. The lowest BCUT2D eigenvalue weighted by atomic mass is 10.3. The number of nitrogens with zero attached hydrogens (tertiary/aromatic N) is 1. The number of hydrogen-bond acceptors (Lipinski definition) is 1. The quantitative estimate of drug-likeness (QED) is 0.506. The fraction of sp³-hybridized carbons (Fsp3) is 0.700. The molecule has 3 heteroatoms. The third-order valence-electron chi connectivity index (χ3n) is 1.76. The first kappa shape index (κ1) is 11.8. The number of hydrogen-bond donors (Lipinski definition) is 1. The molecule has 0 saturated carbocycles. The highest BCUT2D eigenvalue weighted by atomic mass is 16.2. The molecule has 13 heavy (non-hydrogen) atoms. The Morgan fingerprint density at radius 3 is 2.69 bits per heavy atom. The molecule has 0 aliphatic heterocycles. The second-order valence-electron chi connectivity index (χ2n) is 2.80. The summed E-state index contributed by atoms with van der Waals surface area (Å²) in [6, 6.07) is -0.0612. The summed E-state index contributed by atoms with van der Waals surface area (Å²) < 4.78 is 0. The van der Waals surface area contributed by atoms with Gasteiger partial charge < -0.3 is 10.2 Å². The van der Waals surface area contributed by atoms with Gasteiger partial charge in [0.25, 0.3) is 0 Å². The molecule has 0 aromatic heterocycles. The predicted molar refractivity (Wildman–Crippen MR) is 54.4 cm³/mol. The molecule has 0 fully saturated rings. The van der Waals surface area contributed by atoms with Gasteiger partial charge in [-0.1, -0.05) is 19.3 Å². The fourth-order valence-electron chi connectivity index (χ4n) is 0.921. The summed E-state index contributed by atoms with van der Waals surface area (Å²) in [7, 11) is 0. The van der Waals surface area contributed by atoms with Gasteiger partial charge in [-0.15, -0.1) is 6.42 Å². The fourth-order valence-corrected chi connectivity index (χ4v) is 0.921. The minimum atomic E-state index is -0.0612. The Kier molecular flexibility index (Phi) is 6.80. The van der Waals surface area contributed by atoms with E-state index < -0.39 is 0 Å². The molecule has 0 rings (SSSR count). The predicted octanol–water partition coefficient (Wildman–Crippen LogP) is 1.45. The van der Waals surface area contributed by atoms with Gasteiger partial charge in [0, 0.05) is 13.1 Å². The van der Waals surface area contributed by atoms with Gasteiger partial charge in [0.15, 0.2) is 0 Å². The van der Waals surface area contributed by atoms with Crippen LogP contribution in [0.4, 0.5) is 4.79 Å². The molecule has 0 aliphatic carbocycles. The van der Waals surface area contributed by atoms with E-state index >= 15 is 0 Å². The van der Waals surface area contributed by atoms with Crippen LogP contribution < -0.4 is 5.32 Å². The summed E-state index contributed by atoms with van der Waals surface area (Å²) in [6.07, 6.45) is 7.22. The third kappa shape index (κ3) is 5.13. The Morgan fingerprint density at radius 2 is 2.23 bits per heavy atom. The van der Waals surface area contributed by atoms with Gasteiger partial charge in [-0.2, -0.15) is 0 Å². The standard InChI is InChI=1S/C10H18N2O/c1-4-7-8-11-10(13)12(6-3)9-5-2/h2H,4,6-9H2,1,3H3,(H,11,13).